The van der Waals surface area contributed by atoms with Gasteiger partial charge in [-0.05, 0) is 51.2 Å². The summed E-state index contributed by atoms with van der Waals surface area (Å²) in [7, 11) is 0. The molecule has 1 aliphatic heterocycles. The molecule has 0 unspecified atom stereocenters. The predicted molar refractivity (Wildman–Crippen MR) is 110 cm³/mol. The molecular weight excluding hydrogens is 396 g/mol. The average molecular weight is 421 g/mol. The number of para-hydroxylation sites is 1. The second-order valence-electron chi connectivity index (χ2n) is 7.44. The fraction of sp³-hybridized carbons (Fsp3) is 0.550. The van der Waals surface area contributed by atoms with E-state index in [2.05, 4.69) is 21.7 Å². The van der Waals surface area contributed by atoms with Crippen LogP contribution in [0.15, 0.2) is 29.4 Å². The van der Waals surface area contributed by atoms with Gasteiger partial charge in [-0.2, -0.15) is 0 Å². The van der Waals surface area contributed by atoms with Crippen molar-refractivity contribution < 1.29 is 9.53 Å². The lowest BCUT2D eigenvalue weighted by Gasteiger charge is -2.33. The predicted octanol–water partition coefficient (Wildman–Crippen LogP) is 4.34. The van der Waals surface area contributed by atoms with Gasteiger partial charge in [0.2, 0.25) is 5.91 Å². The molecule has 150 valence electrons. The van der Waals surface area contributed by atoms with Gasteiger partial charge in [-0.1, -0.05) is 35.5 Å². The summed E-state index contributed by atoms with van der Waals surface area (Å²) in [5, 5.41) is 10.1. The molecule has 2 heterocycles. The third-order valence-corrected chi connectivity index (χ3v) is 6.53. The van der Waals surface area contributed by atoms with Crippen molar-refractivity contribution >= 4 is 29.3 Å². The van der Waals surface area contributed by atoms with E-state index < -0.39 is 0 Å². The third-order valence-electron chi connectivity index (χ3n) is 5.29. The van der Waals surface area contributed by atoms with Gasteiger partial charge in [0.15, 0.2) is 11.0 Å². The van der Waals surface area contributed by atoms with Gasteiger partial charge >= 0.3 is 0 Å². The second kappa shape index (κ2) is 8.74. The minimum absolute atomic E-state index is 0.191. The van der Waals surface area contributed by atoms with Crippen molar-refractivity contribution in [2.24, 2.45) is 0 Å². The van der Waals surface area contributed by atoms with E-state index in [1.807, 2.05) is 23.1 Å². The molecule has 1 amide bonds. The Hall–Kier alpha value is -1.73. The van der Waals surface area contributed by atoms with Gasteiger partial charge in [0.05, 0.1) is 10.8 Å². The molecule has 2 aromatic rings. The zero-order chi connectivity index (χ0) is 19.5. The summed E-state index contributed by atoms with van der Waals surface area (Å²) in [6, 6.07) is 8.15. The summed E-state index contributed by atoms with van der Waals surface area (Å²) in [5.41, 5.74) is 0. The summed E-state index contributed by atoms with van der Waals surface area (Å²) in [6.45, 7) is 3.32. The fourth-order valence-corrected chi connectivity index (χ4v) is 4.69. The van der Waals surface area contributed by atoms with E-state index in [0.717, 1.165) is 43.2 Å². The molecule has 1 aliphatic carbocycles. The summed E-state index contributed by atoms with van der Waals surface area (Å²) in [6.07, 6.45) is 5.63. The first-order chi connectivity index (χ1) is 13.6. The standard InChI is InChI=1S/C20H25ClN4O2S/c1-14-6-4-5-11-24(14)19(26)13-28-20-23-22-18(25(20)15-9-10-15)12-27-17-8-3-2-7-16(17)21/h2-3,7-8,14-15H,4-6,9-13H2,1H3/t14-/m1/s1. The van der Waals surface area contributed by atoms with Crippen LogP contribution in [-0.2, 0) is 11.4 Å². The molecule has 0 N–H and O–H groups in total. The fourth-order valence-electron chi connectivity index (χ4n) is 3.59. The lowest BCUT2D eigenvalue weighted by Crippen LogP contribution is -2.43. The van der Waals surface area contributed by atoms with Crippen molar-refractivity contribution in [1.82, 2.24) is 19.7 Å². The minimum Gasteiger partial charge on any atom is -0.484 e. The summed E-state index contributed by atoms with van der Waals surface area (Å²) in [5.74, 6) is 2.01. The van der Waals surface area contributed by atoms with Crippen LogP contribution in [0.1, 0.15) is 50.9 Å². The van der Waals surface area contributed by atoms with Crippen LogP contribution < -0.4 is 4.74 Å². The number of thioether (sulfide) groups is 1. The van der Waals surface area contributed by atoms with E-state index >= 15 is 0 Å². The molecule has 28 heavy (non-hydrogen) atoms. The summed E-state index contributed by atoms with van der Waals surface area (Å²) >= 11 is 7.65. The first kappa shape index (κ1) is 19.6. The maximum Gasteiger partial charge on any atom is 0.233 e. The number of carbonyl (C=O) groups is 1. The third kappa shape index (κ3) is 4.46. The molecule has 1 atom stereocenters. The Balaban J connectivity index is 1.41. The molecule has 0 spiro atoms. The first-order valence-corrected chi connectivity index (χ1v) is 11.2. The summed E-state index contributed by atoms with van der Waals surface area (Å²) < 4.78 is 7.98. The number of halogens is 1. The maximum atomic E-state index is 12.6. The van der Waals surface area contributed by atoms with Crippen LogP contribution in [-0.4, -0.2) is 43.9 Å². The van der Waals surface area contributed by atoms with E-state index in [-0.39, 0.29) is 5.91 Å². The highest BCUT2D eigenvalue weighted by atomic mass is 35.5. The molecule has 0 radical (unpaired) electrons. The smallest absolute Gasteiger partial charge is 0.233 e. The number of aromatic nitrogens is 3. The van der Waals surface area contributed by atoms with Gasteiger partial charge in [-0.15, -0.1) is 10.2 Å². The molecule has 1 saturated heterocycles. The number of hydrogen-bond acceptors (Lipinski definition) is 5. The highest BCUT2D eigenvalue weighted by Gasteiger charge is 2.31. The Morgan fingerprint density at radius 3 is 2.82 bits per heavy atom. The van der Waals surface area contributed by atoms with Crippen LogP contribution in [0.4, 0.5) is 0 Å². The van der Waals surface area contributed by atoms with E-state index in [1.54, 1.807) is 6.07 Å². The lowest BCUT2D eigenvalue weighted by atomic mass is 10.0. The van der Waals surface area contributed by atoms with E-state index in [4.69, 9.17) is 16.3 Å². The Bertz CT molecular complexity index is 839. The molecule has 6 nitrogen and oxygen atoms in total. The van der Waals surface area contributed by atoms with E-state index in [9.17, 15) is 4.79 Å². The molecule has 0 bridgehead atoms. The van der Waals surface area contributed by atoms with Gasteiger partial charge in [-0.3, -0.25) is 9.36 Å². The quantitative estimate of drug-likeness (QED) is 0.623. The average Bonchev–Trinajstić information content (AvgIpc) is 3.46. The van der Waals surface area contributed by atoms with Gasteiger partial charge in [0, 0.05) is 18.6 Å². The topological polar surface area (TPSA) is 60.3 Å². The number of nitrogens with zero attached hydrogens (tertiary/aromatic N) is 4. The van der Waals surface area contributed by atoms with Gasteiger partial charge in [-0.25, -0.2) is 0 Å². The Kier molecular flexibility index (Phi) is 6.11. The van der Waals surface area contributed by atoms with Crippen molar-refractivity contribution in [3.8, 4) is 5.75 Å². The van der Waals surface area contributed by atoms with E-state index in [0.29, 0.717) is 35.2 Å². The van der Waals surface area contributed by atoms with Crippen LogP contribution in [0.2, 0.25) is 5.02 Å². The van der Waals surface area contributed by atoms with Crippen molar-refractivity contribution in [3.05, 3.63) is 35.1 Å². The minimum atomic E-state index is 0.191. The number of likely N-dealkylation sites (tertiary alicyclic amines) is 1. The zero-order valence-corrected chi connectivity index (χ0v) is 17.6. The van der Waals surface area contributed by atoms with Crippen LogP contribution in [0.5, 0.6) is 5.75 Å². The number of amides is 1. The normalized spacial score (nSPS) is 19.6. The first-order valence-electron chi connectivity index (χ1n) is 9.87. The second-order valence-corrected chi connectivity index (χ2v) is 8.79. The van der Waals surface area contributed by atoms with Gasteiger partial charge < -0.3 is 9.64 Å². The van der Waals surface area contributed by atoms with Crippen LogP contribution in [0.3, 0.4) is 0 Å². The van der Waals surface area contributed by atoms with Crippen LogP contribution >= 0.6 is 23.4 Å². The van der Waals surface area contributed by atoms with E-state index in [1.165, 1.54) is 18.2 Å². The number of rotatable bonds is 7. The molecule has 1 saturated carbocycles. The molecular formula is C20H25ClN4O2S. The molecule has 2 aliphatic rings. The van der Waals surface area contributed by atoms with Crippen molar-refractivity contribution in [1.29, 1.82) is 0 Å². The largest absolute Gasteiger partial charge is 0.484 e. The molecule has 4 rings (SSSR count). The number of hydrogen-bond donors (Lipinski definition) is 0. The number of piperidine rings is 1. The Morgan fingerprint density at radius 2 is 2.07 bits per heavy atom. The van der Waals surface area contributed by atoms with Crippen LogP contribution in [0, 0.1) is 0 Å². The zero-order valence-electron chi connectivity index (χ0n) is 16.0. The lowest BCUT2D eigenvalue weighted by molar-refractivity contribution is -0.131. The van der Waals surface area contributed by atoms with Crippen LogP contribution in [0.25, 0.3) is 0 Å². The molecule has 1 aromatic carbocycles. The Morgan fingerprint density at radius 1 is 1.25 bits per heavy atom. The monoisotopic (exact) mass is 420 g/mol. The molecule has 2 fully saturated rings. The summed E-state index contributed by atoms with van der Waals surface area (Å²) in [4.78, 5) is 14.7. The number of ether oxygens (including phenoxy) is 1. The van der Waals surface area contributed by atoms with Crippen molar-refractivity contribution in [2.75, 3.05) is 12.3 Å². The number of benzene rings is 1. The highest BCUT2D eigenvalue weighted by Crippen LogP contribution is 2.39. The highest BCUT2D eigenvalue weighted by molar-refractivity contribution is 7.99. The number of carbonyl (C=O) groups excluding carboxylic acids is 1. The SMILES string of the molecule is C[C@@H]1CCCCN1C(=O)CSc1nnc(COc2ccccc2Cl)n1C1CC1. The Labute approximate surface area is 174 Å². The van der Waals surface area contributed by atoms with Crippen molar-refractivity contribution in [3.63, 3.8) is 0 Å². The van der Waals surface area contributed by atoms with Gasteiger partial charge in [0.1, 0.15) is 12.4 Å². The van der Waals surface area contributed by atoms with Crippen molar-refractivity contribution in [2.45, 2.75) is 62.9 Å². The maximum absolute atomic E-state index is 12.6. The molecule has 8 heteroatoms. The van der Waals surface area contributed by atoms with Gasteiger partial charge in [0.25, 0.3) is 0 Å². The molecule has 1 aromatic heterocycles.